The van der Waals surface area contributed by atoms with Crippen molar-refractivity contribution in [1.82, 2.24) is 24.5 Å². The minimum Gasteiger partial charge on any atom is -0.446 e. The summed E-state index contributed by atoms with van der Waals surface area (Å²) in [5.41, 5.74) is 11.8. The first-order valence-electron chi connectivity index (χ1n) is 13.1. The average Bonchev–Trinajstić information content (AvgIpc) is 3.31. The Labute approximate surface area is 234 Å². The third-order valence-corrected chi connectivity index (χ3v) is 11.9. The number of nitrogen functional groups attached to an aromatic ring is 1. The molecule has 0 amide bonds. The molecule has 0 saturated heterocycles. The van der Waals surface area contributed by atoms with E-state index in [2.05, 4.69) is 56.0 Å². The summed E-state index contributed by atoms with van der Waals surface area (Å²) in [6.45, 7) is 10.8. The average molecular weight is 557 g/mol. The zero-order valence-electron chi connectivity index (χ0n) is 23.4. The Morgan fingerprint density at radius 3 is 2.38 bits per heavy atom. The third kappa shape index (κ3) is 5.45. The molecule has 0 spiro atoms. The number of ether oxygens (including phenoxy) is 1. The first kappa shape index (κ1) is 27.4. The zero-order valence-corrected chi connectivity index (χ0v) is 24.4. The molecular formula is C30H33FN6O2Si. The number of pyridine rings is 3. The number of hydrogen-bond donors (Lipinski definition) is 1. The van der Waals surface area contributed by atoms with Gasteiger partial charge < -0.3 is 14.9 Å². The Morgan fingerprint density at radius 2 is 1.73 bits per heavy atom. The topological polar surface area (TPSA) is 101 Å². The van der Waals surface area contributed by atoms with Gasteiger partial charge in [0.15, 0.2) is 19.8 Å². The van der Waals surface area contributed by atoms with Crippen LogP contribution in [0.15, 0.2) is 73.1 Å². The minimum absolute atomic E-state index is 0.140. The number of halogens is 1. The van der Waals surface area contributed by atoms with Crippen LogP contribution in [0.1, 0.15) is 26.3 Å². The van der Waals surface area contributed by atoms with Crippen molar-refractivity contribution in [3.63, 3.8) is 0 Å². The second kappa shape index (κ2) is 10.8. The second-order valence-electron chi connectivity index (χ2n) is 11.1. The highest BCUT2D eigenvalue weighted by Crippen LogP contribution is 2.37. The number of fused-ring (bicyclic) bond motifs is 1. The van der Waals surface area contributed by atoms with Crippen LogP contribution in [0.25, 0.3) is 39.5 Å². The van der Waals surface area contributed by atoms with Gasteiger partial charge in [-0.15, -0.1) is 0 Å². The number of hydrogen-bond acceptors (Lipinski definition) is 7. The van der Waals surface area contributed by atoms with E-state index in [1.54, 1.807) is 24.5 Å². The number of rotatable bonds is 8. The predicted molar refractivity (Wildman–Crippen MR) is 158 cm³/mol. The molecular weight excluding hydrogens is 523 g/mol. The van der Waals surface area contributed by atoms with Gasteiger partial charge in [-0.1, -0.05) is 32.9 Å². The molecule has 0 aliphatic rings. The molecule has 0 saturated carbocycles. The van der Waals surface area contributed by atoms with Crippen LogP contribution < -0.4 is 10.5 Å². The van der Waals surface area contributed by atoms with E-state index in [1.807, 2.05) is 41.0 Å². The summed E-state index contributed by atoms with van der Waals surface area (Å²) in [6.07, 6.45) is 3.26. The monoisotopic (exact) mass is 556 g/mol. The van der Waals surface area contributed by atoms with Gasteiger partial charge >= 0.3 is 0 Å². The van der Waals surface area contributed by atoms with Gasteiger partial charge in [0, 0.05) is 29.7 Å². The van der Waals surface area contributed by atoms with E-state index in [0.29, 0.717) is 40.7 Å². The molecule has 2 N–H and O–H groups in total. The van der Waals surface area contributed by atoms with Crippen molar-refractivity contribution in [2.45, 2.75) is 45.5 Å². The number of alkyl halides is 1. The van der Waals surface area contributed by atoms with Gasteiger partial charge in [0.1, 0.15) is 11.3 Å². The van der Waals surface area contributed by atoms with Crippen LogP contribution in [0.5, 0.6) is 5.88 Å². The van der Waals surface area contributed by atoms with Crippen LogP contribution in [0, 0.1) is 0 Å². The largest absolute Gasteiger partial charge is 0.446 e. The Balaban J connectivity index is 1.57. The molecule has 40 heavy (non-hydrogen) atoms. The number of nitrogens with two attached hydrogens (primary N) is 1. The van der Waals surface area contributed by atoms with Crippen molar-refractivity contribution < 1.29 is 13.6 Å². The number of nitrogens with zero attached hydrogens (tertiary/aromatic N) is 5. The van der Waals surface area contributed by atoms with Gasteiger partial charge in [-0.3, -0.25) is 4.57 Å². The van der Waals surface area contributed by atoms with Gasteiger partial charge in [-0.25, -0.2) is 24.3 Å². The molecule has 0 aliphatic heterocycles. The molecule has 5 rings (SSSR count). The van der Waals surface area contributed by atoms with Crippen LogP contribution in [-0.4, -0.2) is 39.7 Å². The maximum absolute atomic E-state index is 12.5. The molecule has 4 heterocycles. The first-order chi connectivity index (χ1) is 19.1. The predicted octanol–water partition coefficient (Wildman–Crippen LogP) is 6.95. The molecule has 0 radical (unpaired) electrons. The molecule has 0 fully saturated rings. The maximum Gasteiger partial charge on any atom is 0.230 e. The van der Waals surface area contributed by atoms with Crippen molar-refractivity contribution in [1.29, 1.82) is 0 Å². The summed E-state index contributed by atoms with van der Waals surface area (Å²) < 4.78 is 25.8. The maximum atomic E-state index is 12.5. The first-order valence-corrected chi connectivity index (χ1v) is 16.0. The Hall–Kier alpha value is -4.15. The van der Waals surface area contributed by atoms with Gasteiger partial charge in [0.05, 0.1) is 17.9 Å². The van der Waals surface area contributed by atoms with Crippen molar-refractivity contribution in [3.8, 4) is 34.2 Å². The van der Waals surface area contributed by atoms with Crippen LogP contribution in [0.3, 0.4) is 0 Å². The standard InChI is InChI=1S/C30H33FN6O2Si/c1-30(2,3)40(4,5)39-18-20-8-11-22(12-9-20)37-28(23-7-6-16-33-27(23)32)36-25-14-13-24(35-29(25)37)21-10-15-26(34-17-21)38-19-31/h6-17H,18-19H2,1-5H3,(H2,32,33). The second-order valence-corrected chi connectivity index (χ2v) is 15.9. The van der Waals surface area contributed by atoms with E-state index >= 15 is 0 Å². The molecule has 4 aromatic heterocycles. The van der Waals surface area contributed by atoms with Crippen molar-refractivity contribution in [2.75, 3.05) is 12.6 Å². The van der Waals surface area contributed by atoms with Gasteiger partial charge in [0.2, 0.25) is 12.7 Å². The lowest BCUT2D eigenvalue weighted by atomic mass is 10.2. The molecule has 0 bridgehead atoms. The Morgan fingerprint density at radius 1 is 0.950 bits per heavy atom. The molecule has 206 valence electrons. The lowest BCUT2D eigenvalue weighted by Crippen LogP contribution is -2.40. The van der Waals surface area contributed by atoms with E-state index < -0.39 is 15.2 Å². The normalized spacial score (nSPS) is 12.2. The van der Waals surface area contributed by atoms with Gasteiger partial charge in [-0.05, 0) is 66.2 Å². The van der Waals surface area contributed by atoms with Crippen molar-refractivity contribution in [2.24, 2.45) is 0 Å². The van der Waals surface area contributed by atoms with Crippen LogP contribution >= 0.6 is 0 Å². The van der Waals surface area contributed by atoms with Crippen LogP contribution in [0.4, 0.5) is 10.2 Å². The molecule has 5 aromatic rings. The van der Waals surface area contributed by atoms with E-state index in [0.717, 1.165) is 16.8 Å². The number of imidazole rings is 1. The quantitative estimate of drug-likeness (QED) is 0.206. The number of anilines is 1. The van der Waals surface area contributed by atoms with E-state index in [1.165, 1.54) is 0 Å². The summed E-state index contributed by atoms with van der Waals surface area (Å²) >= 11 is 0. The van der Waals surface area contributed by atoms with E-state index in [9.17, 15) is 4.39 Å². The molecule has 1 aromatic carbocycles. The summed E-state index contributed by atoms with van der Waals surface area (Å²) in [4.78, 5) is 18.3. The fourth-order valence-electron chi connectivity index (χ4n) is 4.04. The Kier molecular flexibility index (Phi) is 7.39. The molecule has 0 unspecified atom stereocenters. The van der Waals surface area contributed by atoms with Crippen LogP contribution in [0.2, 0.25) is 18.1 Å². The third-order valence-electron chi connectivity index (χ3n) is 7.42. The fraction of sp³-hybridized carbons (Fsp3) is 0.267. The molecule has 8 nitrogen and oxygen atoms in total. The summed E-state index contributed by atoms with van der Waals surface area (Å²) in [6, 6.07) is 19.2. The highest BCUT2D eigenvalue weighted by molar-refractivity contribution is 6.74. The lowest BCUT2D eigenvalue weighted by molar-refractivity contribution is 0.185. The van der Waals surface area contributed by atoms with Gasteiger partial charge in [0.25, 0.3) is 0 Å². The van der Waals surface area contributed by atoms with Crippen molar-refractivity contribution >= 4 is 25.3 Å². The Bertz CT molecular complexity index is 1630. The van der Waals surface area contributed by atoms with E-state index in [-0.39, 0.29) is 10.9 Å². The van der Waals surface area contributed by atoms with Crippen molar-refractivity contribution in [3.05, 3.63) is 78.6 Å². The van der Waals surface area contributed by atoms with Gasteiger partial charge in [-0.2, -0.15) is 0 Å². The smallest absolute Gasteiger partial charge is 0.230 e. The lowest BCUT2D eigenvalue weighted by Gasteiger charge is -2.36. The number of benzene rings is 1. The highest BCUT2D eigenvalue weighted by Gasteiger charge is 2.37. The van der Waals surface area contributed by atoms with E-state index in [4.69, 9.17) is 24.9 Å². The SMILES string of the molecule is CC(C)(C)[Si](C)(C)OCc1ccc(-n2c(-c3cccnc3N)nc3ccc(-c4ccc(OCF)nc4)nc32)cc1. The summed E-state index contributed by atoms with van der Waals surface area (Å²) in [5.74, 6) is 1.23. The molecule has 0 aliphatic carbocycles. The zero-order chi connectivity index (χ0) is 28.5. The minimum atomic E-state index is -1.87. The highest BCUT2D eigenvalue weighted by atomic mass is 28.4. The number of aromatic nitrogens is 5. The molecule has 0 atom stereocenters. The summed E-state index contributed by atoms with van der Waals surface area (Å²) in [5, 5.41) is 0.140. The summed E-state index contributed by atoms with van der Waals surface area (Å²) in [7, 11) is -1.87. The fourth-order valence-corrected chi connectivity index (χ4v) is 5.01. The molecule has 10 heteroatoms. The van der Waals surface area contributed by atoms with Crippen LogP contribution in [-0.2, 0) is 11.0 Å².